The summed E-state index contributed by atoms with van der Waals surface area (Å²) in [5.41, 5.74) is 5.25. The van der Waals surface area contributed by atoms with Crippen LogP contribution in [0.4, 0.5) is 0 Å². The highest BCUT2D eigenvalue weighted by Crippen LogP contribution is 2.29. The molecule has 0 saturated carbocycles. The Morgan fingerprint density at radius 1 is 1.26 bits per heavy atom. The predicted molar refractivity (Wildman–Crippen MR) is 126 cm³/mol. The van der Waals surface area contributed by atoms with Gasteiger partial charge in [0.1, 0.15) is 0 Å². The van der Waals surface area contributed by atoms with E-state index in [9.17, 15) is 4.79 Å². The lowest BCUT2D eigenvalue weighted by Crippen LogP contribution is -2.32. The van der Waals surface area contributed by atoms with Crippen molar-refractivity contribution in [3.05, 3.63) is 64.8 Å². The van der Waals surface area contributed by atoms with Crippen LogP contribution in [-0.2, 0) is 9.53 Å². The number of nitrogens with zero attached hydrogens (tertiary/aromatic N) is 2. The number of aromatic nitrogens is 2. The van der Waals surface area contributed by atoms with Gasteiger partial charge in [0.15, 0.2) is 5.16 Å². The minimum absolute atomic E-state index is 0.0104. The topological polar surface area (TPSA) is 56.2 Å². The number of carbonyl (C=O) groups excluding carboxylic acids is 1. The SMILES string of the molecule is Cc1ccc(-n2cc(-c3ccc(Cl)cc3)nc2SCC(=O)NC[C@H]2CCCO2)c(C)c1. The minimum atomic E-state index is -0.0104. The summed E-state index contributed by atoms with van der Waals surface area (Å²) in [7, 11) is 0. The lowest BCUT2D eigenvalue weighted by atomic mass is 10.1. The number of hydrogen-bond acceptors (Lipinski definition) is 4. The van der Waals surface area contributed by atoms with E-state index in [2.05, 4.69) is 41.9 Å². The molecular weight excluding hydrogens is 430 g/mol. The van der Waals surface area contributed by atoms with Crippen LogP contribution in [0.1, 0.15) is 24.0 Å². The molecule has 2 aromatic carbocycles. The lowest BCUT2D eigenvalue weighted by molar-refractivity contribution is -0.119. The largest absolute Gasteiger partial charge is 0.376 e. The molecular formula is C24H26ClN3O2S. The van der Waals surface area contributed by atoms with Gasteiger partial charge in [0.2, 0.25) is 5.91 Å². The number of imidazole rings is 1. The number of carbonyl (C=O) groups is 1. The summed E-state index contributed by atoms with van der Waals surface area (Å²) in [5, 5.41) is 4.45. The third-order valence-electron chi connectivity index (χ3n) is 5.31. The van der Waals surface area contributed by atoms with Gasteiger partial charge in [0, 0.05) is 29.9 Å². The van der Waals surface area contributed by atoms with E-state index >= 15 is 0 Å². The standard InChI is InChI=1S/C24H26ClN3O2S/c1-16-5-10-22(17(2)12-16)28-14-21(18-6-8-19(25)9-7-18)27-24(28)31-15-23(29)26-13-20-4-3-11-30-20/h5-10,12,14,20H,3-4,11,13,15H2,1-2H3,(H,26,29)/t20-/m1/s1. The fourth-order valence-electron chi connectivity index (χ4n) is 3.69. The molecule has 0 bridgehead atoms. The Kier molecular flexibility index (Phi) is 7.00. The average Bonchev–Trinajstić information content (AvgIpc) is 3.41. The van der Waals surface area contributed by atoms with Crippen LogP contribution in [0, 0.1) is 13.8 Å². The maximum Gasteiger partial charge on any atom is 0.230 e. The quantitative estimate of drug-likeness (QED) is 0.497. The molecule has 5 nitrogen and oxygen atoms in total. The number of aryl methyl sites for hydroxylation is 2. The van der Waals surface area contributed by atoms with E-state index in [1.165, 1.54) is 17.3 Å². The van der Waals surface area contributed by atoms with Crippen LogP contribution in [0.25, 0.3) is 16.9 Å². The zero-order valence-corrected chi connectivity index (χ0v) is 19.3. The zero-order valence-electron chi connectivity index (χ0n) is 17.7. The summed E-state index contributed by atoms with van der Waals surface area (Å²) < 4.78 is 7.65. The molecule has 1 amide bonds. The van der Waals surface area contributed by atoms with Gasteiger partial charge < -0.3 is 10.1 Å². The molecule has 3 aromatic rings. The van der Waals surface area contributed by atoms with Crippen molar-refractivity contribution in [2.75, 3.05) is 18.9 Å². The molecule has 7 heteroatoms. The van der Waals surface area contributed by atoms with Gasteiger partial charge in [-0.05, 0) is 50.5 Å². The van der Waals surface area contributed by atoms with Crippen molar-refractivity contribution in [2.24, 2.45) is 0 Å². The molecule has 0 aliphatic carbocycles. The summed E-state index contributed by atoms with van der Waals surface area (Å²) in [5.74, 6) is 0.290. The van der Waals surface area contributed by atoms with Crippen LogP contribution in [0.3, 0.4) is 0 Å². The van der Waals surface area contributed by atoms with Crippen LogP contribution in [-0.4, -0.2) is 40.5 Å². The highest BCUT2D eigenvalue weighted by atomic mass is 35.5. The van der Waals surface area contributed by atoms with Crippen LogP contribution < -0.4 is 5.32 Å². The van der Waals surface area contributed by atoms with Crippen molar-refractivity contribution in [2.45, 2.75) is 37.9 Å². The Morgan fingerprint density at radius 2 is 2.06 bits per heavy atom. The molecule has 31 heavy (non-hydrogen) atoms. The van der Waals surface area contributed by atoms with Gasteiger partial charge in [-0.1, -0.05) is 53.2 Å². The first kappa shape index (κ1) is 21.9. The average molecular weight is 456 g/mol. The molecule has 0 spiro atoms. The Balaban J connectivity index is 1.55. The Morgan fingerprint density at radius 3 is 2.77 bits per heavy atom. The van der Waals surface area contributed by atoms with Crippen LogP contribution in [0.5, 0.6) is 0 Å². The molecule has 0 unspecified atom stereocenters. The molecule has 1 aliphatic heterocycles. The van der Waals surface area contributed by atoms with Crippen LogP contribution in [0.15, 0.2) is 53.8 Å². The molecule has 0 radical (unpaired) electrons. The minimum Gasteiger partial charge on any atom is -0.376 e. The second kappa shape index (κ2) is 9.90. The van der Waals surface area contributed by atoms with Gasteiger partial charge in [-0.3, -0.25) is 9.36 Å². The summed E-state index contributed by atoms with van der Waals surface area (Å²) in [6.07, 6.45) is 4.24. The number of amides is 1. The summed E-state index contributed by atoms with van der Waals surface area (Å²) in [6, 6.07) is 14.0. The molecule has 4 rings (SSSR count). The highest BCUT2D eigenvalue weighted by molar-refractivity contribution is 7.99. The van der Waals surface area contributed by atoms with E-state index in [0.29, 0.717) is 17.3 Å². The predicted octanol–water partition coefficient (Wildman–Crippen LogP) is 5.20. The molecule has 1 aliphatic rings. The van der Waals surface area contributed by atoms with E-state index in [0.717, 1.165) is 47.1 Å². The number of hydrogen-bond donors (Lipinski definition) is 1. The van der Waals surface area contributed by atoms with Crippen molar-refractivity contribution in [1.29, 1.82) is 0 Å². The van der Waals surface area contributed by atoms with Crippen molar-refractivity contribution >= 4 is 29.3 Å². The molecule has 1 fully saturated rings. The third-order valence-corrected chi connectivity index (χ3v) is 6.51. The molecule has 1 N–H and O–H groups in total. The number of thioether (sulfide) groups is 1. The highest BCUT2D eigenvalue weighted by Gasteiger charge is 2.18. The van der Waals surface area contributed by atoms with E-state index in [1.54, 1.807) is 0 Å². The Hall–Kier alpha value is -2.28. The first-order valence-electron chi connectivity index (χ1n) is 10.4. The van der Waals surface area contributed by atoms with Gasteiger partial charge in [0.05, 0.1) is 23.2 Å². The maximum absolute atomic E-state index is 12.4. The van der Waals surface area contributed by atoms with Crippen molar-refractivity contribution < 1.29 is 9.53 Å². The molecule has 1 atom stereocenters. The van der Waals surface area contributed by atoms with Gasteiger partial charge in [-0.15, -0.1) is 0 Å². The number of benzene rings is 2. The van der Waals surface area contributed by atoms with E-state index in [1.807, 2.05) is 30.5 Å². The third kappa shape index (κ3) is 5.50. The lowest BCUT2D eigenvalue weighted by Gasteiger charge is -2.12. The van der Waals surface area contributed by atoms with E-state index < -0.39 is 0 Å². The fraction of sp³-hybridized carbons (Fsp3) is 0.333. The number of ether oxygens (including phenoxy) is 1. The number of nitrogens with one attached hydrogen (secondary N) is 1. The van der Waals surface area contributed by atoms with E-state index in [-0.39, 0.29) is 12.0 Å². The van der Waals surface area contributed by atoms with E-state index in [4.69, 9.17) is 21.3 Å². The van der Waals surface area contributed by atoms with Crippen LogP contribution >= 0.6 is 23.4 Å². The first-order valence-corrected chi connectivity index (χ1v) is 11.8. The summed E-state index contributed by atoms with van der Waals surface area (Å²) >= 11 is 7.48. The number of halogens is 1. The number of rotatable bonds is 7. The fourth-order valence-corrected chi connectivity index (χ4v) is 4.63. The van der Waals surface area contributed by atoms with Gasteiger partial charge in [-0.25, -0.2) is 4.98 Å². The van der Waals surface area contributed by atoms with Crippen molar-refractivity contribution in [3.63, 3.8) is 0 Å². The van der Waals surface area contributed by atoms with Crippen molar-refractivity contribution in [1.82, 2.24) is 14.9 Å². The molecule has 1 saturated heterocycles. The Bertz CT molecular complexity index is 1060. The Labute approximate surface area is 192 Å². The second-order valence-corrected chi connectivity index (χ2v) is 9.18. The first-order chi connectivity index (χ1) is 15.0. The van der Waals surface area contributed by atoms with Crippen LogP contribution in [0.2, 0.25) is 5.02 Å². The normalized spacial score (nSPS) is 15.9. The van der Waals surface area contributed by atoms with Crippen molar-refractivity contribution in [3.8, 4) is 16.9 Å². The monoisotopic (exact) mass is 455 g/mol. The maximum atomic E-state index is 12.4. The molecule has 162 valence electrons. The van der Waals surface area contributed by atoms with Gasteiger partial charge >= 0.3 is 0 Å². The summed E-state index contributed by atoms with van der Waals surface area (Å²) in [4.78, 5) is 17.2. The van der Waals surface area contributed by atoms with Gasteiger partial charge in [0.25, 0.3) is 0 Å². The molecule has 2 heterocycles. The zero-order chi connectivity index (χ0) is 21.8. The molecule has 1 aromatic heterocycles. The van der Waals surface area contributed by atoms with Gasteiger partial charge in [-0.2, -0.15) is 0 Å². The second-order valence-electron chi connectivity index (χ2n) is 7.80. The smallest absolute Gasteiger partial charge is 0.230 e. The summed E-state index contributed by atoms with van der Waals surface area (Å²) in [6.45, 7) is 5.53.